The summed E-state index contributed by atoms with van der Waals surface area (Å²) in [6, 6.07) is 9.71. The van der Waals surface area contributed by atoms with Crippen LogP contribution in [0, 0.1) is 5.92 Å². The summed E-state index contributed by atoms with van der Waals surface area (Å²) in [7, 11) is -3.97. The molecule has 1 aromatic carbocycles. The quantitative estimate of drug-likeness (QED) is 0.435. The molecule has 10 nitrogen and oxygen atoms in total. The highest BCUT2D eigenvalue weighted by Gasteiger charge is 2.28. The van der Waals surface area contributed by atoms with Gasteiger partial charge in [-0.2, -0.15) is 13.5 Å². The van der Waals surface area contributed by atoms with Crippen molar-refractivity contribution in [2.45, 2.75) is 31.8 Å². The van der Waals surface area contributed by atoms with Crippen molar-refractivity contribution in [2.75, 3.05) is 11.9 Å². The second kappa shape index (κ2) is 9.96. The first-order valence-electron chi connectivity index (χ1n) is 10.3. The zero-order valence-corrected chi connectivity index (χ0v) is 19.2. The predicted molar refractivity (Wildman–Crippen MR) is 122 cm³/mol. The summed E-state index contributed by atoms with van der Waals surface area (Å²) in [5.41, 5.74) is 1.41. The second-order valence-corrected chi connectivity index (χ2v) is 9.55. The maximum atomic E-state index is 13.2. The van der Waals surface area contributed by atoms with E-state index in [0.29, 0.717) is 18.8 Å². The van der Waals surface area contributed by atoms with Crippen molar-refractivity contribution in [3.63, 3.8) is 0 Å². The van der Waals surface area contributed by atoms with Crippen molar-refractivity contribution in [3.8, 4) is 0 Å². The van der Waals surface area contributed by atoms with E-state index in [9.17, 15) is 13.2 Å². The molecule has 1 fully saturated rings. The third-order valence-electron chi connectivity index (χ3n) is 5.43. The summed E-state index contributed by atoms with van der Waals surface area (Å²) in [5.74, 6) is 0.0219. The Hall–Kier alpha value is -2.86. The van der Waals surface area contributed by atoms with E-state index in [1.165, 1.54) is 12.5 Å². The SMILES string of the molecule is NS(=O)(=O)OC[C@@H]1CC[C@H](Nc2ncncc2C(=O)c2nn(Cc3ccccc3)cc2Cl)C1. The fourth-order valence-corrected chi connectivity index (χ4v) is 4.50. The number of carbonyl (C=O) groups excluding carboxylic acids is 1. The Morgan fingerprint density at radius 1 is 1.27 bits per heavy atom. The van der Waals surface area contributed by atoms with E-state index in [1.807, 2.05) is 30.3 Å². The van der Waals surface area contributed by atoms with Crippen LogP contribution in [0.1, 0.15) is 40.9 Å². The third kappa shape index (κ3) is 6.14. The largest absolute Gasteiger partial charge is 0.367 e. The number of halogens is 1. The smallest absolute Gasteiger partial charge is 0.333 e. The van der Waals surface area contributed by atoms with Gasteiger partial charge in [0.25, 0.3) is 0 Å². The Balaban J connectivity index is 1.46. The first-order chi connectivity index (χ1) is 15.8. The zero-order valence-electron chi connectivity index (χ0n) is 17.6. The molecule has 0 unspecified atom stereocenters. The molecule has 2 heterocycles. The fraction of sp³-hybridized carbons (Fsp3) is 0.333. The maximum Gasteiger partial charge on any atom is 0.333 e. The number of benzene rings is 1. The van der Waals surface area contributed by atoms with E-state index in [2.05, 4.69) is 20.4 Å². The minimum atomic E-state index is -3.97. The molecule has 3 aromatic rings. The summed E-state index contributed by atoms with van der Waals surface area (Å²) in [4.78, 5) is 21.5. The number of carbonyl (C=O) groups is 1. The van der Waals surface area contributed by atoms with E-state index >= 15 is 0 Å². The molecule has 12 heteroatoms. The minimum absolute atomic E-state index is 0.00774. The van der Waals surface area contributed by atoms with Crippen LogP contribution in [0.2, 0.25) is 5.02 Å². The molecule has 1 saturated carbocycles. The van der Waals surface area contributed by atoms with Gasteiger partial charge in [-0.1, -0.05) is 41.9 Å². The predicted octanol–water partition coefficient (Wildman–Crippen LogP) is 2.41. The van der Waals surface area contributed by atoms with Crippen molar-refractivity contribution >= 4 is 33.5 Å². The van der Waals surface area contributed by atoms with E-state index in [4.69, 9.17) is 20.9 Å². The van der Waals surface area contributed by atoms with Gasteiger partial charge in [0.05, 0.1) is 23.7 Å². The Bertz CT molecular complexity index is 1230. The number of aromatic nitrogens is 4. The van der Waals surface area contributed by atoms with Crippen LogP contribution in [0.4, 0.5) is 5.82 Å². The average molecular weight is 491 g/mol. The van der Waals surface area contributed by atoms with E-state index in [1.54, 1.807) is 10.9 Å². The van der Waals surface area contributed by atoms with Crippen molar-refractivity contribution in [2.24, 2.45) is 11.1 Å². The third-order valence-corrected chi connectivity index (χ3v) is 6.17. The normalized spacial score (nSPS) is 18.4. The highest BCUT2D eigenvalue weighted by atomic mass is 35.5. The number of rotatable bonds is 9. The Morgan fingerprint density at radius 3 is 2.82 bits per heavy atom. The van der Waals surface area contributed by atoms with Crippen LogP contribution in [0.15, 0.2) is 49.1 Å². The lowest BCUT2D eigenvalue weighted by Gasteiger charge is -2.15. The molecular weight excluding hydrogens is 468 g/mol. The van der Waals surface area contributed by atoms with Crippen molar-refractivity contribution < 1.29 is 17.4 Å². The van der Waals surface area contributed by atoms with Crippen LogP contribution in [0.5, 0.6) is 0 Å². The van der Waals surface area contributed by atoms with Gasteiger partial charge in [-0.3, -0.25) is 13.7 Å². The second-order valence-electron chi connectivity index (χ2n) is 7.92. The Labute approximate surface area is 196 Å². The van der Waals surface area contributed by atoms with Gasteiger partial charge in [0.15, 0.2) is 5.69 Å². The fourth-order valence-electron chi connectivity index (χ4n) is 3.88. The van der Waals surface area contributed by atoms with Crippen LogP contribution in [0.3, 0.4) is 0 Å². The number of ketones is 1. The van der Waals surface area contributed by atoms with Crippen LogP contribution in [-0.2, 0) is 21.0 Å². The van der Waals surface area contributed by atoms with Crippen LogP contribution in [0.25, 0.3) is 0 Å². The minimum Gasteiger partial charge on any atom is -0.367 e. The van der Waals surface area contributed by atoms with Gasteiger partial charge >= 0.3 is 10.3 Å². The molecule has 0 aliphatic heterocycles. The Morgan fingerprint density at radius 2 is 2.06 bits per heavy atom. The lowest BCUT2D eigenvalue weighted by Crippen LogP contribution is -2.22. The van der Waals surface area contributed by atoms with Gasteiger partial charge < -0.3 is 5.32 Å². The van der Waals surface area contributed by atoms with E-state index in [0.717, 1.165) is 18.4 Å². The molecule has 2 atom stereocenters. The van der Waals surface area contributed by atoms with Crippen molar-refractivity contribution in [1.29, 1.82) is 0 Å². The van der Waals surface area contributed by atoms with Gasteiger partial charge in [-0.05, 0) is 30.7 Å². The summed E-state index contributed by atoms with van der Waals surface area (Å²) >= 11 is 6.33. The van der Waals surface area contributed by atoms with Gasteiger partial charge in [0.2, 0.25) is 5.78 Å². The summed E-state index contributed by atoms with van der Waals surface area (Å²) < 4.78 is 28.4. The first-order valence-corrected chi connectivity index (χ1v) is 12.2. The molecule has 3 N–H and O–H groups in total. The van der Waals surface area contributed by atoms with Crippen LogP contribution >= 0.6 is 11.6 Å². The molecule has 2 aromatic heterocycles. The number of hydrogen-bond acceptors (Lipinski definition) is 8. The molecule has 0 spiro atoms. The molecule has 4 rings (SSSR count). The topological polar surface area (TPSA) is 142 Å². The van der Waals surface area contributed by atoms with E-state index < -0.39 is 10.3 Å². The summed E-state index contributed by atoms with van der Waals surface area (Å²) in [5, 5.41) is 12.8. The van der Waals surface area contributed by atoms with Crippen LogP contribution in [-0.4, -0.2) is 46.6 Å². The summed E-state index contributed by atoms with van der Waals surface area (Å²) in [6.07, 6.45) is 6.58. The van der Waals surface area contributed by atoms with Gasteiger partial charge in [-0.15, -0.1) is 0 Å². The zero-order chi connectivity index (χ0) is 23.4. The van der Waals surface area contributed by atoms with Crippen molar-refractivity contribution in [1.82, 2.24) is 19.7 Å². The number of nitrogens with zero attached hydrogens (tertiary/aromatic N) is 4. The highest BCUT2D eigenvalue weighted by Crippen LogP contribution is 2.30. The molecule has 1 aliphatic rings. The van der Waals surface area contributed by atoms with Crippen LogP contribution < -0.4 is 10.5 Å². The number of hydrogen-bond donors (Lipinski definition) is 2. The molecule has 0 bridgehead atoms. The number of anilines is 1. The standard InChI is InChI=1S/C21H23ClN6O4S/c22-18-11-28(10-14-4-2-1-3-5-14)27-19(18)20(29)17-9-24-13-25-21(17)26-16-7-6-15(8-16)12-32-33(23,30)31/h1-5,9,11,13,15-16H,6-8,10,12H2,(H2,23,30,31)(H,24,25,26)/t15-,16+/m1/s1. The highest BCUT2D eigenvalue weighted by molar-refractivity contribution is 7.84. The van der Waals surface area contributed by atoms with Gasteiger partial charge in [-0.25, -0.2) is 15.1 Å². The van der Waals surface area contributed by atoms with Crippen molar-refractivity contribution in [3.05, 3.63) is 70.9 Å². The lowest BCUT2D eigenvalue weighted by atomic mass is 10.1. The molecule has 0 radical (unpaired) electrons. The maximum absolute atomic E-state index is 13.2. The van der Waals surface area contributed by atoms with Gasteiger partial charge in [0, 0.05) is 18.4 Å². The molecular formula is C21H23ClN6O4S. The number of nitrogens with one attached hydrogen (secondary N) is 1. The average Bonchev–Trinajstić information content (AvgIpc) is 3.38. The molecule has 0 amide bonds. The first kappa shape index (κ1) is 23.3. The monoisotopic (exact) mass is 490 g/mol. The molecule has 1 aliphatic carbocycles. The number of nitrogens with two attached hydrogens (primary N) is 1. The lowest BCUT2D eigenvalue weighted by molar-refractivity contribution is 0.103. The summed E-state index contributed by atoms with van der Waals surface area (Å²) in [6.45, 7) is 0.509. The van der Waals surface area contributed by atoms with Gasteiger partial charge in [0.1, 0.15) is 12.1 Å². The molecule has 174 valence electrons. The molecule has 33 heavy (non-hydrogen) atoms. The molecule has 0 saturated heterocycles. The Kier molecular flexibility index (Phi) is 7.03. The van der Waals surface area contributed by atoms with E-state index in [-0.39, 0.29) is 40.6 Å².